The van der Waals surface area contributed by atoms with Crippen LogP contribution in [0, 0.1) is 0 Å². The van der Waals surface area contributed by atoms with Crippen LogP contribution < -0.4 is 9.47 Å². The van der Waals surface area contributed by atoms with Gasteiger partial charge in [-0.15, -0.1) is 0 Å². The fraction of sp³-hybridized carbons (Fsp3) is 0.188. The quantitative estimate of drug-likeness (QED) is 0.888. The van der Waals surface area contributed by atoms with Gasteiger partial charge in [0, 0.05) is 11.4 Å². The van der Waals surface area contributed by atoms with Crippen LogP contribution in [-0.4, -0.2) is 24.3 Å². The van der Waals surface area contributed by atoms with Crippen LogP contribution in [0.5, 0.6) is 11.5 Å². The number of halogens is 1. The van der Waals surface area contributed by atoms with Crippen molar-refractivity contribution in [2.24, 2.45) is 0 Å². The first kappa shape index (κ1) is 15.2. The second-order valence-electron chi connectivity index (χ2n) is 4.45. The normalized spacial score (nSPS) is 11.7. The number of ether oxygens (including phenoxy) is 2. The first-order chi connectivity index (χ1) is 10.1. The molecular formula is C16H15ClO4. The number of hydrogen-bond acceptors (Lipinski definition) is 3. The largest absolute Gasteiger partial charge is 0.497 e. The first-order valence-electron chi connectivity index (χ1n) is 6.36. The van der Waals surface area contributed by atoms with E-state index < -0.39 is 12.1 Å². The number of carbonyl (C=O) groups is 1. The van der Waals surface area contributed by atoms with Crippen molar-refractivity contribution in [1.29, 1.82) is 0 Å². The van der Waals surface area contributed by atoms with Crippen molar-refractivity contribution in [3.63, 3.8) is 0 Å². The molecule has 0 radical (unpaired) electrons. The van der Waals surface area contributed by atoms with E-state index >= 15 is 0 Å². The number of aliphatic carboxylic acids is 1. The zero-order chi connectivity index (χ0) is 15.2. The van der Waals surface area contributed by atoms with Crippen LogP contribution in [0.15, 0.2) is 48.5 Å². The molecule has 5 heteroatoms. The summed E-state index contributed by atoms with van der Waals surface area (Å²) in [6, 6.07) is 13.9. The summed E-state index contributed by atoms with van der Waals surface area (Å²) in [4.78, 5) is 11.3. The third-order valence-electron chi connectivity index (χ3n) is 2.93. The average Bonchev–Trinajstić information content (AvgIpc) is 2.47. The van der Waals surface area contributed by atoms with Crippen LogP contribution in [0.3, 0.4) is 0 Å². The fourth-order valence-corrected chi connectivity index (χ4v) is 2.04. The molecule has 0 amide bonds. The van der Waals surface area contributed by atoms with Crippen molar-refractivity contribution >= 4 is 17.6 Å². The Morgan fingerprint density at radius 3 is 2.48 bits per heavy atom. The van der Waals surface area contributed by atoms with E-state index in [1.165, 1.54) is 0 Å². The molecule has 0 bridgehead atoms. The lowest BCUT2D eigenvalue weighted by Gasteiger charge is -2.15. The lowest BCUT2D eigenvalue weighted by Crippen LogP contribution is -2.29. The molecule has 0 aliphatic carbocycles. The SMILES string of the molecule is COc1ccc(C[C@H](Oc2cccc(Cl)c2)C(=O)O)cc1. The molecule has 2 rings (SSSR count). The Labute approximate surface area is 127 Å². The number of carboxylic acid groups (broad SMARTS) is 1. The Kier molecular flexibility index (Phi) is 5.06. The maximum atomic E-state index is 11.3. The monoisotopic (exact) mass is 306 g/mol. The third-order valence-corrected chi connectivity index (χ3v) is 3.17. The van der Waals surface area contributed by atoms with E-state index in [0.717, 1.165) is 11.3 Å². The zero-order valence-corrected chi connectivity index (χ0v) is 12.2. The predicted molar refractivity (Wildman–Crippen MR) is 80.2 cm³/mol. The van der Waals surface area contributed by atoms with E-state index in [2.05, 4.69) is 0 Å². The van der Waals surface area contributed by atoms with Gasteiger partial charge in [-0.3, -0.25) is 0 Å². The van der Waals surface area contributed by atoms with Gasteiger partial charge < -0.3 is 14.6 Å². The van der Waals surface area contributed by atoms with E-state index in [1.807, 2.05) is 12.1 Å². The topological polar surface area (TPSA) is 55.8 Å². The second kappa shape index (κ2) is 6.99. The first-order valence-corrected chi connectivity index (χ1v) is 6.74. The maximum Gasteiger partial charge on any atom is 0.345 e. The number of rotatable bonds is 6. The molecule has 110 valence electrons. The van der Waals surface area contributed by atoms with Gasteiger partial charge in [-0.25, -0.2) is 4.79 Å². The minimum Gasteiger partial charge on any atom is -0.497 e. The van der Waals surface area contributed by atoms with Gasteiger partial charge in [0.1, 0.15) is 11.5 Å². The summed E-state index contributed by atoms with van der Waals surface area (Å²) >= 11 is 5.86. The molecule has 2 aromatic carbocycles. The maximum absolute atomic E-state index is 11.3. The predicted octanol–water partition coefficient (Wildman–Crippen LogP) is 3.42. The molecule has 1 atom stereocenters. The van der Waals surface area contributed by atoms with Crippen molar-refractivity contribution in [1.82, 2.24) is 0 Å². The van der Waals surface area contributed by atoms with Crippen LogP contribution in [0.2, 0.25) is 5.02 Å². The summed E-state index contributed by atoms with van der Waals surface area (Å²) < 4.78 is 10.6. The minimum absolute atomic E-state index is 0.256. The molecule has 0 aliphatic rings. The molecular weight excluding hydrogens is 292 g/mol. The number of methoxy groups -OCH3 is 1. The highest BCUT2D eigenvalue weighted by Crippen LogP contribution is 2.20. The van der Waals surface area contributed by atoms with Gasteiger partial charge in [0.25, 0.3) is 0 Å². The third kappa shape index (κ3) is 4.39. The Balaban J connectivity index is 2.10. The number of hydrogen-bond donors (Lipinski definition) is 1. The van der Waals surface area contributed by atoms with Crippen molar-refractivity contribution < 1.29 is 19.4 Å². The molecule has 0 aromatic heterocycles. The van der Waals surface area contributed by atoms with E-state index in [-0.39, 0.29) is 6.42 Å². The average molecular weight is 307 g/mol. The van der Waals surface area contributed by atoms with Crippen LogP contribution in [-0.2, 0) is 11.2 Å². The highest BCUT2D eigenvalue weighted by molar-refractivity contribution is 6.30. The highest BCUT2D eigenvalue weighted by atomic mass is 35.5. The molecule has 21 heavy (non-hydrogen) atoms. The van der Waals surface area contributed by atoms with Gasteiger partial charge in [-0.2, -0.15) is 0 Å². The number of benzene rings is 2. The lowest BCUT2D eigenvalue weighted by molar-refractivity contribution is -0.145. The van der Waals surface area contributed by atoms with Gasteiger partial charge in [-0.05, 0) is 35.9 Å². The molecule has 1 N–H and O–H groups in total. The Hall–Kier alpha value is -2.20. The minimum atomic E-state index is -1.02. The van der Waals surface area contributed by atoms with Crippen LogP contribution in [0.1, 0.15) is 5.56 Å². The summed E-state index contributed by atoms with van der Waals surface area (Å²) in [7, 11) is 1.58. The van der Waals surface area contributed by atoms with Gasteiger partial charge in [-0.1, -0.05) is 29.8 Å². The van der Waals surface area contributed by atoms with Crippen molar-refractivity contribution in [3.8, 4) is 11.5 Å². The van der Waals surface area contributed by atoms with E-state index in [1.54, 1.807) is 43.5 Å². The summed E-state index contributed by atoms with van der Waals surface area (Å²) in [5, 5.41) is 9.78. The standard InChI is InChI=1S/C16H15ClO4/c1-20-13-7-5-11(6-8-13)9-15(16(18)19)21-14-4-2-3-12(17)10-14/h2-8,10,15H,9H2,1H3,(H,18,19)/t15-/m0/s1. The Bertz CT molecular complexity index is 610. The molecule has 0 saturated heterocycles. The van der Waals surface area contributed by atoms with Crippen molar-refractivity contribution in [2.75, 3.05) is 7.11 Å². The van der Waals surface area contributed by atoms with Gasteiger partial charge in [0.15, 0.2) is 6.10 Å². The lowest BCUT2D eigenvalue weighted by atomic mass is 10.1. The smallest absolute Gasteiger partial charge is 0.345 e. The van der Waals surface area contributed by atoms with Gasteiger partial charge in [0.2, 0.25) is 0 Å². The highest BCUT2D eigenvalue weighted by Gasteiger charge is 2.20. The molecule has 0 fully saturated rings. The summed E-state index contributed by atoms with van der Waals surface area (Å²) in [5.41, 5.74) is 0.852. The molecule has 0 heterocycles. The van der Waals surface area contributed by atoms with Crippen LogP contribution in [0.4, 0.5) is 0 Å². The molecule has 0 spiro atoms. The van der Waals surface area contributed by atoms with E-state index in [0.29, 0.717) is 10.8 Å². The fourth-order valence-electron chi connectivity index (χ4n) is 1.86. The molecule has 2 aromatic rings. The Morgan fingerprint density at radius 2 is 1.90 bits per heavy atom. The number of carboxylic acids is 1. The zero-order valence-electron chi connectivity index (χ0n) is 11.5. The molecule has 4 nitrogen and oxygen atoms in total. The molecule has 0 unspecified atom stereocenters. The molecule has 0 saturated carbocycles. The van der Waals surface area contributed by atoms with E-state index in [9.17, 15) is 9.90 Å². The van der Waals surface area contributed by atoms with Crippen molar-refractivity contribution in [3.05, 3.63) is 59.1 Å². The van der Waals surface area contributed by atoms with Crippen LogP contribution >= 0.6 is 11.6 Å². The van der Waals surface area contributed by atoms with Crippen LogP contribution in [0.25, 0.3) is 0 Å². The van der Waals surface area contributed by atoms with Crippen molar-refractivity contribution in [2.45, 2.75) is 12.5 Å². The second-order valence-corrected chi connectivity index (χ2v) is 4.89. The van der Waals surface area contributed by atoms with Gasteiger partial charge >= 0.3 is 5.97 Å². The van der Waals surface area contributed by atoms with Gasteiger partial charge in [0.05, 0.1) is 7.11 Å². The summed E-state index contributed by atoms with van der Waals surface area (Å²) in [6.07, 6.45) is -0.719. The van der Waals surface area contributed by atoms with E-state index in [4.69, 9.17) is 21.1 Å². The molecule has 0 aliphatic heterocycles. The summed E-state index contributed by atoms with van der Waals surface area (Å²) in [6.45, 7) is 0. The Morgan fingerprint density at radius 1 is 1.19 bits per heavy atom. The summed E-state index contributed by atoms with van der Waals surface area (Å²) in [5.74, 6) is 0.135.